The van der Waals surface area contributed by atoms with Crippen LogP contribution in [0.15, 0.2) is 91.0 Å². The molecule has 0 aliphatic carbocycles. The van der Waals surface area contributed by atoms with Gasteiger partial charge in [-0.25, -0.2) is 0 Å². The summed E-state index contributed by atoms with van der Waals surface area (Å²) in [4.78, 5) is 23.4. The van der Waals surface area contributed by atoms with E-state index in [9.17, 15) is 24.9 Å². The third kappa shape index (κ3) is 8.66. The number of carbonyl (C=O) groups is 2. The van der Waals surface area contributed by atoms with Gasteiger partial charge in [0.05, 0.1) is 18.2 Å². The standard InChI is InChI=1S/C33H35N3O5/c1-22(34-20-32(40)28-10-13-31(39)30(18-28)36-21-37)14-23-4-2-5-24(15-23)17-33(41)35-19-25-6-3-7-27(16-25)26-8-11-29(38)12-9-26/h2-13,15-16,18,21-22,32,34,38-40H,14,17,19-20H2,1H3,(H,35,41)(H,36,37)/t22-,32-/m1/s1. The summed E-state index contributed by atoms with van der Waals surface area (Å²) in [7, 11) is 0. The maximum atomic E-state index is 12.7. The molecule has 0 saturated carbocycles. The second-order valence-electron chi connectivity index (χ2n) is 10.1. The topological polar surface area (TPSA) is 131 Å². The Kier molecular flexibility index (Phi) is 10.1. The van der Waals surface area contributed by atoms with Crippen LogP contribution in [0.5, 0.6) is 11.5 Å². The molecule has 0 radical (unpaired) electrons. The lowest BCUT2D eigenvalue weighted by molar-refractivity contribution is -0.120. The van der Waals surface area contributed by atoms with E-state index < -0.39 is 6.10 Å². The number of hydrogen-bond acceptors (Lipinski definition) is 6. The molecule has 0 fully saturated rings. The maximum absolute atomic E-state index is 12.7. The molecule has 0 aliphatic heterocycles. The van der Waals surface area contributed by atoms with Gasteiger partial charge >= 0.3 is 0 Å². The van der Waals surface area contributed by atoms with Crippen molar-refractivity contribution in [3.8, 4) is 22.6 Å². The molecule has 41 heavy (non-hydrogen) atoms. The Morgan fingerprint density at radius 1 is 0.854 bits per heavy atom. The van der Waals surface area contributed by atoms with Gasteiger partial charge in [0.1, 0.15) is 11.5 Å². The average Bonchev–Trinajstić information content (AvgIpc) is 2.97. The number of rotatable bonds is 13. The Bertz CT molecular complexity index is 1470. The number of benzene rings is 4. The first-order valence-electron chi connectivity index (χ1n) is 13.5. The average molecular weight is 554 g/mol. The largest absolute Gasteiger partial charge is 0.508 e. The smallest absolute Gasteiger partial charge is 0.224 e. The Hall–Kier alpha value is -4.66. The highest BCUT2D eigenvalue weighted by Gasteiger charge is 2.13. The summed E-state index contributed by atoms with van der Waals surface area (Å²) < 4.78 is 0. The fourth-order valence-electron chi connectivity index (χ4n) is 4.63. The lowest BCUT2D eigenvalue weighted by Gasteiger charge is -2.18. The third-order valence-corrected chi connectivity index (χ3v) is 6.79. The number of hydrogen-bond donors (Lipinski definition) is 6. The molecular formula is C33H35N3O5. The van der Waals surface area contributed by atoms with Crippen molar-refractivity contribution in [1.29, 1.82) is 0 Å². The zero-order valence-electron chi connectivity index (χ0n) is 22.9. The first-order chi connectivity index (χ1) is 19.8. The molecule has 8 nitrogen and oxygen atoms in total. The van der Waals surface area contributed by atoms with Crippen LogP contribution in [0.3, 0.4) is 0 Å². The van der Waals surface area contributed by atoms with Crippen LogP contribution < -0.4 is 16.0 Å². The fraction of sp³-hybridized carbons (Fsp3) is 0.212. The number of aliphatic hydroxyl groups is 1. The van der Waals surface area contributed by atoms with Crippen molar-refractivity contribution in [3.63, 3.8) is 0 Å². The molecule has 0 spiro atoms. The van der Waals surface area contributed by atoms with Gasteiger partial charge in [0.15, 0.2) is 0 Å². The van der Waals surface area contributed by atoms with Gasteiger partial charge in [0, 0.05) is 19.1 Å². The van der Waals surface area contributed by atoms with E-state index in [4.69, 9.17) is 0 Å². The van der Waals surface area contributed by atoms with E-state index in [-0.39, 0.29) is 35.6 Å². The Morgan fingerprint density at radius 2 is 1.59 bits per heavy atom. The summed E-state index contributed by atoms with van der Waals surface area (Å²) >= 11 is 0. The second kappa shape index (κ2) is 14.1. The number of amides is 2. The molecule has 0 aliphatic rings. The van der Waals surface area contributed by atoms with Crippen LogP contribution in [-0.4, -0.2) is 40.2 Å². The van der Waals surface area contributed by atoms with Gasteiger partial charge in [-0.05, 0) is 77.1 Å². The van der Waals surface area contributed by atoms with Crippen LogP contribution in [0.2, 0.25) is 0 Å². The molecule has 6 N–H and O–H groups in total. The molecular weight excluding hydrogens is 518 g/mol. The predicted molar refractivity (Wildman–Crippen MR) is 159 cm³/mol. The number of carbonyl (C=O) groups excluding carboxylic acids is 2. The zero-order valence-corrected chi connectivity index (χ0v) is 22.9. The van der Waals surface area contributed by atoms with Crippen molar-refractivity contribution >= 4 is 18.0 Å². The summed E-state index contributed by atoms with van der Waals surface area (Å²) in [5, 5.41) is 38.6. The molecule has 0 saturated heterocycles. The molecule has 212 valence electrons. The van der Waals surface area contributed by atoms with Gasteiger partial charge in [-0.1, -0.05) is 60.7 Å². The van der Waals surface area contributed by atoms with Crippen molar-refractivity contribution in [3.05, 3.63) is 113 Å². The molecule has 0 bridgehead atoms. The Balaban J connectivity index is 1.26. The predicted octanol–water partition coefficient (Wildman–Crippen LogP) is 4.45. The van der Waals surface area contributed by atoms with Crippen molar-refractivity contribution < 1.29 is 24.9 Å². The minimum Gasteiger partial charge on any atom is -0.508 e. The fourth-order valence-corrected chi connectivity index (χ4v) is 4.63. The quantitative estimate of drug-likeness (QED) is 0.107. The van der Waals surface area contributed by atoms with Gasteiger partial charge in [-0.2, -0.15) is 0 Å². The normalized spacial score (nSPS) is 12.3. The van der Waals surface area contributed by atoms with E-state index in [1.165, 1.54) is 6.07 Å². The van der Waals surface area contributed by atoms with Crippen LogP contribution in [0, 0.1) is 0 Å². The summed E-state index contributed by atoms with van der Waals surface area (Å²) in [6, 6.07) is 27.5. The Labute approximate surface area is 239 Å². The molecule has 2 atom stereocenters. The van der Waals surface area contributed by atoms with Crippen molar-refractivity contribution in [1.82, 2.24) is 10.6 Å². The maximum Gasteiger partial charge on any atom is 0.224 e. The van der Waals surface area contributed by atoms with Gasteiger partial charge in [0.25, 0.3) is 0 Å². The lowest BCUT2D eigenvalue weighted by atomic mass is 10.0. The van der Waals surface area contributed by atoms with E-state index in [0.717, 1.165) is 27.8 Å². The van der Waals surface area contributed by atoms with E-state index in [0.29, 0.717) is 31.5 Å². The number of phenolic OH excluding ortho intramolecular Hbond substituents is 2. The van der Waals surface area contributed by atoms with Crippen molar-refractivity contribution in [2.75, 3.05) is 11.9 Å². The minimum atomic E-state index is -0.818. The van der Waals surface area contributed by atoms with E-state index in [1.807, 2.05) is 67.6 Å². The number of phenols is 2. The van der Waals surface area contributed by atoms with Crippen LogP contribution in [0.25, 0.3) is 11.1 Å². The molecule has 4 aromatic rings. The van der Waals surface area contributed by atoms with Gasteiger partial charge in [-0.3, -0.25) is 9.59 Å². The summed E-state index contributed by atoms with van der Waals surface area (Å²) in [5.74, 6) is 0.0900. The first-order valence-corrected chi connectivity index (χ1v) is 13.5. The van der Waals surface area contributed by atoms with E-state index >= 15 is 0 Å². The molecule has 0 unspecified atom stereocenters. The second-order valence-corrected chi connectivity index (χ2v) is 10.1. The third-order valence-electron chi connectivity index (χ3n) is 6.79. The summed E-state index contributed by atoms with van der Waals surface area (Å²) in [6.07, 6.45) is 0.633. The minimum absolute atomic E-state index is 0.0549. The molecule has 0 aromatic heterocycles. The molecule has 4 aromatic carbocycles. The van der Waals surface area contributed by atoms with Crippen molar-refractivity contribution in [2.45, 2.75) is 38.5 Å². The highest BCUT2D eigenvalue weighted by Crippen LogP contribution is 2.27. The SMILES string of the molecule is C[C@H](Cc1cccc(CC(=O)NCc2cccc(-c3ccc(O)cc3)c2)c1)NC[C@@H](O)c1ccc(O)c(NC=O)c1. The highest BCUT2D eigenvalue weighted by atomic mass is 16.3. The lowest BCUT2D eigenvalue weighted by Crippen LogP contribution is -2.32. The van der Waals surface area contributed by atoms with Crippen LogP contribution >= 0.6 is 0 Å². The number of aliphatic hydroxyl groups excluding tert-OH is 1. The summed E-state index contributed by atoms with van der Waals surface area (Å²) in [6.45, 7) is 2.73. The van der Waals surface area contributed by atoms with Crippen molar-refractivity contribution in [2.24, 2.45) is 0 Å². The van der Waals surface area contributed by atoms with E-state index in [2.05, 4.69) is 16.0 Å². The highest BCUT2D eigenvalue weighted by molar-refractivity contribution is 5.78. The Morgan fingerprint density at radius 3 is 2.37 bits per heavy atom. The molecule has 0 heterocycles. The monoisotopic (exact) mass is 553 g/mol. The molecule has 8 heteroatoms. The number of aromatic hydroxyl groups is 2. The van der Waals surface area contributed by atoms with Crippen LogP contribution in [0.1, 0.15) is 35.3 Å². The summed E-state index contributed by atoms with van der Waals surface area (Å²) in [5.41, 5.74) is 5.82. The van der Waals surface area contributed by atoms with Crippen LogP contribution in [-0.2, 0) is 29.0 Å². The zero-order chi connectivity index (χ0) is 29.2. The first kappa shape index (κ1) is 29.3. The van der Waals surface area contributed by atoms with E-state index in [1.54, 1.807) is 24.3 Å². The molecule has 2 amide bonds. The van der Waals surface area contributed by atoms with Crippen LogP contribution in [0.4, 0.5) is 5.69 Å². The van der Waals surface area contributed by atoms with Gasteiger partial charge in [-0.15, -0.1) is 0 Å². The van der Waals surface area contributed by atoms with Gasteiger partial charge in [0.2, 0.25) is 12.3 Å². The number of nitrogens with one attached hydrogen (secondary N) is 3. The number of anilines is 1. The molecule has 4 rings (SSSR count). The van der Waals surface area contributed by atoms with Gasteiger partial charge < -0.3 is 31.3 Å².